The molecule has 78 valence electrons. The van der Waals surface area contributed by atoms with E-state index in [-0.39, 0.29) is 0 Å². The minimum absolute atomic E-state index is 1.01. The van der Waals surface area contributed by atoms with E-state index in [4.69, 9.17) is 0 Å². The summed E-state index contributed by atoms with van der Waals surface area (Å²) in [6.45, 7) is 2.13. The molecule has 2 nitrogen and oxygen atoms in total. The predicted molar refractivity (Wildman–Crippen MR) is 66.3 cm³/mol. The van der Waals surface area contributed by atoms with Gasteiger partial charge in [0.15, 0.2) is 0 Å². The summed E-state index contributed by atoms with van der Waals surface area (Å²) < 4.78 is 0. The van der Waals surface area contributed by atoms with E-state index in [1.54, 1.807) is 0 Å². The van der Waals surface area contributed by atoms with Crippen LogP contribution in [0.15, 0.2) is 48.7 Å². The zero-order valence-corrected chi connectivity index (χ0v) is 9.07. The van der Waals surface area contributed by atoms with Crippen LogP contribution in [0.2, 0.25) is 0 Å². The van der Waals surface area contributed by atoms with Crippen molar-refractivity contribution in [3.63, 3.8) is 0 Å². The summed E-state index contributed by atoms with van der Waals surface area (Å²) in [6, 6.07) is 14.8. The van der Waals surface area contributed by atoms with Crippen molar-refractivity contribution in [1.82, 2.24) is 10.2 Å². The van der Waals surface area contributed by atoms with Crippen molar-refractivity contribution in [1.29, 1.82) is 0 Å². The second-order valence-electron chi connectivity index (χ2n) is 3.97. The lowest BCUT2D eigenvalue weighted by atomic mass is 10.00. The molecule has 0 aliphatic carbocycles. The Balaban J connectivity index is 2.22. The van der Waals surface area contributed by atoms with Crippen LogP contribution in [-0.4, -0.2) is 10.2 Å². The van der Waals surface area contributed by atoms with Gasteiger partial charge in [-0.2, -0.15) is 5.10 Å². The van der Waals surface area contributed by atoms with Gasteiger partial charge >= 0.3 is 0 Å². The molecule has 1 aromatic heterocycles. The average molecular weight is 208 g/mol. The molecule has 1 heterocycles. The number of fused-ring (bicyclic) bond motifs is 1. The van der Waals surface area contributed by atoms with Crippen molar-refractivity contribution in [3.05, 3.63) is 54.2 Å². The van der Waals surface area contributed by atoms with Crippen LogP contribution in [0, 0.1) is 6.92 Å². The van der Waals surface area contributed by atoms with Gasteiger partial charge in [0, 0.05) is 11.6 Å². The first kappa shape index (κ1) is 9.16. The van der Waals surface area contributed by atoms with Gasteiger partial charge in [-0.1, -0.05) is 36.4 Å². The Hall–Kier alpha value is -2.09. The van der Waals surface area contributed by atoms with Gasteiger partial charge in [-0.15, -0.1) is 0 Å². The molecule has 0 aliphatic rings. The van der Waals surface area contributed by atoms with E-state index < -0.39 is 0 Å². The fraction of sp³-hybridized carbons (Fsp3) is 0.0714. The van der Waals surface area contributed by atoms with Crippen LogP contribution in [0.3, 0.4) is 0 Å². The Bertz CT molecular complexity index is 638. The Kier molecular flexibility index (Phi) is 2.00. The molecule has 0 fully saturated rings. The third-order valence-electron chi connectivity index (χ3n) is 2.89. The second kappa shape index (κ2) is 3.49. The van der Waals surface area contributed by atoms with E-state index in [0.717, 1.165) is 10.9 Å². The number of aromatic amines is 1. The van der Waals surface area contributed by atoms with E-state index in [0.29, 0.717) is 0 Å². The lowest BCUT2D eigenvalue weighted by Crippen LogP contribution is -1.82. The van der Waals surface area contributed by atoms with Crippen LogP contribution < -0.4 is 0 Å². The van der Waals surface area contributed by atoms with E-state index in [1.165, 1.54) is 16.7 Å². The highest BCUT2D eigenvalue weighted by Crippen LogP contribution is 2.25. The smallest absolute Gasteiger partial charge is 0.0926 e. The lowest BCUT2D eigenvalue weighted by molar-refractivity contribution is 1.12. The van der Waals surface area contributed by atoms with Crippen molar-refractivity contribution in [3.8, 4) is 11.1 Å². The van der Waals surface area contributed by atoms with Gasteiger partial charge < -0.3 is 0 Å². The SMILES string of the molecule is Cc1ccccc1-c1ccc2c[nH]nc2c1. The molecule has 0 unspecified atom stereocenters. The van der Waals surface area contributed by atoms with Crippen LogP contribution in [-0.2, 0) is 0 Å². The zero-order chi connectivity index (χ0) is 11.0. The monoisotopic (exact) mass is 208 g/mol. The molecule has 1 N–H and O–H groups in total. The molecule has 2 aromatic carbocycles. The van der Waals surface area contributed by atoms with Crippen LogP contribution >= 0.6 is 0 Å². The summed E-state index contributed by atoms with van der Waals surface area (Å²) >= 11 is 0. The molecule has 0 radical (unpaired) electrons. The summed E-state index contributed by atoms with van der Waals surface area (Å²) in [7, 11) is 0. The van der Waals surface area contributed by atoms with Gasteiger partial charge in [-0.05, 0) is 29.7 Å². The number of H-pyrrole nitrogens is 1. The summed E-state index contributed by atoms with van der Waals surface area (Å²) in [4.78, 5) is 0. The standard InChI is InChI=1S/C14H12N2/c1-10-4-2-3-5-13(10)11-6-7-12-9-15-16-14(12)8-11/h2-9H,1H3,(H,15,16). The highest BCUT2D eigenvalue weighted by Gasteiger charge is 2.03. The molecular formula is C14H12N2. The van der Waals surface area contributed by atoms with E-state index >= 15 is 0 Å². The van der Waals surface area contributed by atoms with Crippen molar-refractivity contribution >= 4 is 10.9 Å². The highest BCUT2D eigenvalue weighted by atomic mass is 15.1. The molecule has 3 rings (SSSR count). The molecule has 3 aromatic rings. The van der Waals surface area contributed by atoms with Gasteiger partial charge in [-0.25, -0.2) is 0 Å². The largest absolute Gasteiger partial charge is 0.285 e. The normalized spacial score (nSPS) is 10.8. The zero-order valence-electron chi connectivity index (χ0n) is 9.07. The molecule has 0 saturated carbocycles. The minimum Gasteiger partial charge on any atom is -0.285 e. The molecule has 0 aliphatic heterocycles. The molecule has 0 bridgehead atoms. The summed E-state index contributed by atoms with van der Waals surface area (Å²) in [5.74, 6) is 0. The topological polar surface area (TPSA) is 28.7 Å². The number of aryl methyl sites for hydroxylation is 1. The van der Waals surface area contributed by atoms with Gasteiger partial charge in [0.2, 0.25) is 0 Å². The first-order valence-electron chi connectivity index (χ1n) is 5.34. The summed E-state index contributed by atoms with van der Waals surface area (Å²) in [6.07, 6.45) is 1.91. The molecular weight excluding hydrogens is 196 g/mol. The number of aromatic nitrogens is 2. The van der Waals surface area contributed by atoms with E-state index in [2.05, 4.69) is 59.6 Å². The maximum absolute atomic E-state index is 4.21. The Morgan fingerprint density at radius 2 is 1.94 bits per heavy atom. The van der Waals surface area contributed by atoms with E-state index in [9.17, 15) is 0 Å². The van der Waals surface area contributed by atoms with Crippen molar-refractivity contribution in [2.45, 2.75) is 6.92 Å². The molecule has 0 saturated heterocycles. The van der Waals surface area contributed by atoms with Crippen LogP contribution in [0.5, 0.6) is 0 Å². The molecule has 0 atom stereocenters. The fourth-order valence-corrected chi connectivity index (χ4v) is 2.00. The van der Waals surface area contributed by atoms with Crippen LogP contribution in [0.1, 0.15) is 5.56 Å². The summed E-state index contributed by atoms with van der Waals surface area (Å²) in [5.41, 5.74) is 4.79. The Labute approximate surface area is 93.9 Å². The number of benzene rings is 2. The van der Waals surface area contributed by atoms with Crippen LogP contribution in [0.4, 0.5) is 0 Å². The Morgan fingerprint density at radius 1 is 1.06 bits per heavy atom. The van der Waals surface area contributed by atoms with Gasteiger partial charge in [-0.3, -0.25) is 5.10 Å². The minimum atomic E-state index is 1.01. The molecule has 2 heteroatoms. The maximum atomic E-state index is 4.21. The fourth-order valence-electron chi connectivity index (χ4n) is 2.00. The third kappa shape index (κ3) is 1.39. The van der Waals surface area contributed by atoms with Crippen LogP contribution in [0.25, 0.3) is 22.0 Å². The third-order valence-corrected chi connectivity index (χ3v) is 2.89. The number of rotatable bonds is 1. The number of nitrogens with zero attached hydrogens (tertiary/aromatic N) is 1. The molecule has 0 amide bonds. The first-order chi connectivity index (χ1) is 7.84. The Morgan fingerprint density at radius 3 is 2.81 bits per heavy atom. The van der Waals surface area contributed by atoms with Gasteiger partial charge in [0.1, 0.15) is 0 Å². The van der Waals surface area contributed by atoms with Crippen molar-refractivity contribution in [2.75, 3.05) is 0 Å². The molecule has 0 spiro atoms. The number of hydrogen-bond acceptors (Lipinski definition) is 1. The van der Waals surface area contributed by atoms with Crippen molar-refractivity contribution in [2.24, 2.45) is 0 Å². The quantitative estimate of drug-likeness (QED) is 0.651. The first-order valence-corrected chi connectivity index (χ1v) is 5.34. The maximum Gasteiger partial charge on any atom is 0.0926 e. The lowest BCUT2D eigenvalue weighted by Gasteiger charge is -2.05. The van der Waals surface area contributed by atoms with Gasteiger partial charge in [0.25, 0.3) is 0 Å². The highest BCUT2D eigenvalue weighted by molar-refractivity contribution is 5.84. The average Bonchev–Trinajstić information content (AvgIpc) is 2.76. The predicted octanol–water partition coefficient (Wildman–Crippen LogP) is 3.54. The van der Waals surface area contributed by atoms with Gasteiger partial charge in [0.05, 0.1) is 5.52 Å². The number of hydrogen-bond donors (Lipinski definition) is 1. The van der Waals surface area contributed by atoms with Crippen molar-refractivity contribution < 1.29 is 0 Å². The molecule has 16 heavy (non-hydrogen) atoms. The summed E-state index contributed by atoms with van der Waals surface area (Å²) in [5, 5.41) is 8.24. The number of nitrogens with one attached hydrogen (secondary N) is 1. The second-order valence-corrected chi connectivity index (χ2v) is 3.97. The van der Waals surface area contributed by atoms with E-state index in [1.807, 2.05) is 6.20 Å².